The van der Waals surface area contributed by atoms with Gasteiger partial charge in [0.2, 0.25) is 0 Å². The average molecular weight is 206 g/mol. The molecule has 2 nitrogen and oxygen atoms in total. The van der Waals surface area contributed by atoms with Crippen LogP contribution in [0.25, 0.3) is 0 Å². The lowest BCUT2D eigenvalue weighted by Gasteiger charge is -2.28. The van der Waals surface area contributed by atoms with Gasteiger partial charge in [-0.25, -0.2) is 0 Å². The minimum Gasteiger partial charge on any atom is -0.329 e. The first-order valence-corrected chi connectivity index (χ1v) is 5.58. The van der Waals surface area contributed by atoms with Crippen molar-refractivity contribution in [2.24, 2.45) is 5.73 Å². The SMILES string of the molecule is CCN(C)C(CN)c1c(C)cccc1C. The second-order valence-electron chi connectivity index (χ2n) is 4.13. The summed E-state index contributed by atoms with van der Waals surface area (Å²) >= 11 is 0. The van der Waals surface area contributed by atoms with Crippen LogP contribution in [0, 0.1) is 13.8 Å². The van der Waals surface area contributed by atoms with E-state index in [9.17, 15) is 0 Å². The maximum atomic E-state index is 5.88. The molecule has 15 heavy (non-hydrogen) atoms. The molecule has 0 saturated carbocycles. The molecule has 0 spiro atoms. The summed E-state index contributed by atoms with van der Waals surface area (Å²) in [6.45, 7) is 8.19. The molecule has 0 bridgehead atoms. The van der Waals surface area contributed by atoms with Crippen LogP contribution in [0.4, 0.5) is 0 Å². The molecule has 0 aliphatic rings. The molecule has 0 fully saturated rings. The predicted octanol–water partition coefficient (Wildman–Crippen LogP) is 2.25. The topological polar surface area (TPSA) is 29.3 Å². The third-order valence-corrected chi connectivity index (χ3v) is 3.13. The van der Waals surface area contributed by atoms with Crippen molar-refractivity contribution in [1.29, 1.82) is 0 Å². The first kappa shape index (κ1) is 12.2. The normalized spacial score (nSPS) is 13.2. The number of nitrogens with zero attached hydrogens (tertiary/aromatic N) is 1. The lowest BCUT2D eigenvalue weighted by atomic mass is 9.95. The molecule has 0 saturated heterocycles. The highest BCUT2D eigenvalue weighted by Crippen LogP contribution is 2.24. The Bertz CT molecular complexity index is 300. The number of hydrogen-bond donors (Lipinski definition) is 1. The fourth-order valence-electron chi connectivity index (χ4n) is 2.09. The summed E-state index contributed by atoms with van der Waals surface area (Å²) in [4.78, 5) is 2.30. The van der Waals surface area contributed by atoms with Crippen molar-refractivity contribution in [3.8, 4) is 0 Å². The van der Waals surface area contributed by atoms with Gasteiger partial charge in [-0.05, 0) is 44.1 Å². The Morgan fingerprint density at radius 2 is 1.80 bits per heavy atom. The van der Waals surface area contributed by atoms with E-state index >= 15 is 0 Å². The van der Waals surface area contributed by atoms with E-state index in [2.05, 4.69) is 50.9 Å². The van der Waals surface area contributed by atoms with Gasteiger partial charge in [-0.3, -0.25) is 4.90 Å². The van der Waals surface area contributed by atoms with E-state index in [0.717, 1.165) is 6.54 Å². The lowest BCUT2D eigenvalue weighted by Crippen LogP contribution is -2.31. The highest BCUT2D eigenvalue weighted by molar-refractivity contribution is 5.36. The zero-order valence-corrected chi connectivity index (χ0v) is 10.2. The summed E-state index contributed by atoms with van der Waals surface area (Å²) in [6, 6.07) is 6.77. The zero-order valence-electron chi connectivity index (χ0n) is 10.2. The molecule has 1 aromatic rings. The molecule has 1 atom stereocenters. The quantitative estimate of drug-likeness (QED) is 0.818. The van der Waals surface area contributed by atoms with Gasteiger partial charge in [0, 0.05) is 12.6 Å². The van der Waals surface area contributed by atoms with Gasteiger partial charge in [-0.2, -0.15) is 0 Å². The Morgan fingerprint density at radius 1 is 1.27 bits per heavy atom. The van der Waals surface area contributed by atoms with Crippen molar-refractivity contribution in [2.45, 2.75) is 26.8 Å². The van der Waals surface area contributed by atoms with E-state index in [-0.39, 0.29) is 0 Å². The van der Waals surface area contributed by atoms with Crippen molar-refractivity contribution < 1.29 is 0 Å². The fraction of sp³-hybridized carbons (Fsp3) is 0.538. The van der Waals surface area contributed by atoms with E-state index in [1.165, 1.54) is 16.7 Å². The molecule has 0 heterocycles. The third-order valence-electron chi connectivity index (χ3n) is 3.13. The van der Waals surface area contributed by atoms with Crippen LogP contribution in [0.3, 0.4) is 0 Å². The molecule has 2 heteroatoms. The standard InChI is InChI=1S/C13H22N2/c1-5-15(4)12(9-14)13-10(2)7-6-8-11(13)3/h6-8,12H,5,9,14H2,1-4H3. The summed E-state index contributed by atoms with van der Waals surface area (Å²) < 4.78 is 0. The maximum absolute atomic E-state index is 5.88. The number of hydrogen-bond acceptors (Lipinski definition) is 2. The predicted molar refractivity (Wildman–Crippen MR) is 66.0 cm³/mol. The van der Waals surface area contributed by atoms with Gasteiger partial charge in [0.1, 0.15) is 0 Å². The van der Waals surface area contributed by atoms with Crippen LogP contribution in [0.1, 0.15) is 29.7 Å². The van der Waals surface area contributed by atoms with Crippen molar-refractivity contribution in [3.05, 3.63) is 34.9 Å². The van der Waals surface area contributed by atoms with Crippen molar-refractivity contribution >= 4 is 0 Å². The van der Waals surface area contributed by atoms with E-state index in [1.807, 2.05) is 0 Å². The second-order valence-corrected chi connectivity index (χ2v) is 4.13. The Balaban J connectivity index is 3.11. The highest BCUT2D eigenvalue weighted by Gasteiger charge is 2.17. The van der Waals surface area contributed by atoms with Gasteiger partial charge in [0.05, 0.1) is 0 Å². The van der Waals surface area contributed by atoms with Gasteiger partial charge in [-0.1, -0.05) is 25.1 Å². The molecular formula is C13H22N2. The smallest absolute Gasteiger partial charge is 0.0472 e. The molecule has 0 aliphatic heterocycles. The molecule has 0 amide bonds. The summed E-state index contributed by atoms with van der Waals surface area (Å²) in [5.74, 6) is 0. The number of nitrogens with two attached hydrogens (primary N) is 1. The van der Waals surface area contributed by atoms with Crippen molar-refractivity contribution in [1.82, 2.24) is 4.90 Å². The van der Waals surface area contributed by atoms with Gasteiger partial charge in [-0.15, -0.1) is 0 Å². The van der Waals surface area contributed by atoms with E-state index in [0.29, 0.717) is 12.6 Å². The monoisotopic (exact) mass is 206 g/mol. The minimum absolute atomic E-state index is 0.344. The average Bonchev–Trinajstić information content (AvgIpc) is 2.22. The maximum Gasteiger partial charge on any atom is 0.0472 e. The Morgan fingerprint density at radius 3 is 2.20 bits per heavy atom. The van der Waals surface area contributed by atoms with Crippen molar-refractivity contribution in [3.63, 3.8) is 0 Å². The molecule has 1 unspecified atom stereocenters. The van der Waals surface area contributed by atoms with E-state index < -0.39 is 0 Å². The van der Waals surface area contributed by atoms with Gasteiger partial charge in [0.25, 0.3) is 0 Å². The Kier molecular flexibility index (Phi) is 4.30. The van der Waals surface area contributed by atoms with Crippen molar-refractivity contribution in [2.75, 3.05) is 20.1 Å². The molecular weight excluding hydrogens is 184 g/mol. The summed E-state index contributed by atoms with van der Waals surface area (Å²) in [6.07, 6.45) is 0. The molecule has 2 N–H and O–H groups in total. The molecule has 0 aromatic heterocycles. The second kappa shape index (κ2) is 5.29. The van der Waals surface area contributed by atoms with Crippen LogP contribution in [0.5, 0.6) is 0 Å². The lowest BCUT2D eigenvalue weighted by molar-refractivity contribution is 0.262. The fourth-order valence-corrected chi connectivity index (χ4v) is 2.09. The van der Waals surface area contributed by atoms with Crippen LogP contribution in [0.2, 0.25) is 0 Å². The Hall–Kier alpha value is -0.860. The van der Waals surface area contributed by atoms with Gasteiger partial charge >= 0.3 is 0 Å². The van der Waals surface area contributed by atoms with E-state index in [4.69, 9.17) is 5.73 Å². The summed E-state index contributed by atoms with van der Waals surface area (Å²) in [5, 5.41) is 0. The minimum atomic E-state index is 0.344. The third kappa shape index (κ3) is 2.58. The highest BCUT2D eigenvalue weighted by atomic mass is 15.1. The van der Waals surface area contributed by atoms with Crippen LogP contribution in [-0.2, 0) is 0 Å². The zero-order chi connectivity index (χ0) is 11.4. The van der Waals surface area contributed by atoms with Gasteiger partial charge in [0.15, 0.2) is 0 Å². The van der Waals surface area contributed by atoms with Crippen LogP contribution < -0.4 is 5.73 Å². The van der Waals surface area contributed by atoms with Gasteiger partial charge < -0.3 is 5.73 Å². The first-order valence-electron chi connectivity index (χ1n) is 5.58. The summed E-state index contributed by atoms with van der Waals surface area (Å²) in [5.41, 5.74) is 9.95. The van der Waals surface area contributed by atoms with E-state index in [1.54, 1.807) is 0 Å². The molecule has 0 radical (unpaired) electrons. The first-order chi connectivity index (χ1) is 7.11. The van der Waals surface area contributed by atoms with Crippen LogP contribution >= 0.6 is 0 Å². The molecule has 84 valence electrons. The summed E-state index contributed by atoms with van der Waals surface area (Å²) in [7, 11) is 2.13. The molecule has 1 aromatic carbocycles. The van der Waals surface area contributed by atoms with Crippen LogP contribution in [-0.4, -0.2) is 25.0 Å². The largest absolute Gasteiger partial charge is 0.329 e. The number of aryl methyl sites for hydroxylation is 2. The number of benzene rings is 1. The number of rotatable bonds is 4. The molecule has 0 aliphatic carbocycles. The Labute approximate surface area is 93.1 Å². The molecule has 1 rings (SSSR count). The van der Waals surface area contributed by atoms with Crippen LogP contribution in [0.15, 0.2) is 18.2 Å². The number of likely N-dealkylation sites (N-methyl/N-ethyl adjacent to an activating group) is 1.